The van der Waals surface area contributed by atoms with E-state index in [-0.39, 0.29) is 10.1 Å². The predicted octanol–water partition coefficient (Wildman–Crippen LogP) is 11.2. The van der Waals surface area contributed by atoms with Gasteiger partial charge in [0.05, 0.1) is 0 Å². The summed E-state index contributed by atoms with van der Waals surface area (Å²) in [6, 6.07) is 21.3. The first-order chi connectivity index (χ1) is 17.9. The second-order valence-corrected chi connectivity index (χ2v) is 23.9. The molecule has 5 heteroatoms. The predicted molar refractivity (Wildman–Crippen MR) is 178 cm³/mol. The highest BCUT2D eigenvalue weighted by Crippen LogP contribution is 2.50. The summed E-state index contributed by atoms with van der Waals surface area (Å²) in [5, 5.41) is 4.60. The molecule has 0 fully saturated rings. The highest BCUT2D eigenvalue weighted by atomic mass is 79.9. The van der Waals surface area contributed by atoms with Crippen molar-refractivity contribution in [1.82, 2.24) is 0 Å². The van der Waals surface area contributed by atoms with E-state index < -0.39 is 16.6 Å². The summed E-state index contributed by atoms with van der Waals surface area (Å²) >= 11 is 3.68. The molecule has 0 unspecified atom stereocenters. The average molecular weight is 618 g/mol. The molecule has 39 heavy (non-hydrogen) atoms. The van der Waals surface area contributed by atoms with Gasteiger partial charge in [-0.25, -0.2) is 0 Å². The van der Waals surface area contributed by atoms with E-state index in [4.69, 9.17) is 15.3 Å². The minimum Gasteiger partial charge on any atom is -0.543 e. The van der Waals surface area contributed by atoms with Crippen LogP contribution >= 0.6 is 15.9 Å². The fourth-order valence-corrected chi connectivity index (χ4v) is 6.65. The van der Waals surface area contributed by atoms with Gasteiger partial charge in [-0.1, -0.05) is 87.7 Å². The summed E-state index contributed by atoms with van der Waals surface area (Å²) in [5.74, 6) is 4.61. The van der Waals surface area contributed by atoms with E-state index in [1.165, 1.54) is 0 Å². The van der Waals surface area contributed by atoms with Crippen molar-refractivity contribution in [2.24, 2.45) is 0 Å². The molecule has 0 bridgehead atoms. The number of hydrogen-bond acceptors (Lipinski definition) is 2. The normalized spacial score (nSPS) is 13.0. The van der Waals surface area contributed by atoms with Crippen LogP contribution in [0.2, 0.25) is 36.3 Å². The third-order valence-corrected chi connectivity index (χ3v) is 17.9. The minimum atomic E-state index is -2.16. The smallest absolute Gasteiger partial charge is 0.250 e. The van der Waals surface area contributed by atoms with Crippen molar-refractivity contribution in [2.45, 2.75) is 77.8 Å². The lowest BCUT2D eigenvalue weighted by atomic mass is 9.92. The Labute approximate surface area is 245 Å². The van der Waals surface area contributed by atoms with E-state index >= 15 is 0 Å². The molecule has 0 aliphatic heterocycles. The number of hydrogen-bond donors (Lipinski definition) is 0. The maximum atomic E-state index is 7.09. The van der Waals surface area contributed by atoms with Gasteiger partial charge in [-0.3, -0.25) is 0 Å². The molecule has 0 saturated carbocycles. The van der Waals surface area contributed by atoms with E-state index in [9.17, 15) is 0 Å². The van der Waals surface area contributed by atoms with Gasteiger partial charge in [0.15, 0.2) is 0 Å². The number of fused-ring (bicyclic) bond motifs is 2. The van der Waals surface area contributed by atoms with Gasteiger partial charge in [0, 0.05) is 21.2 Å². The quantitative estimate of drug-likeness (QED) is 0.164. The largest absolute Gasteiger partial charge is 0.543 e. The molecule has 4 aromatic rings. The Hall–Kier alpha value is -2.53. The van der Waals surface area contributed by atoms with E-state index in [2.05, 4.69) is 144 Å². The Bertz CT molecular complexity index is 1600. The molecule has 0 aliphatic carbocycles. The summed E-state index contributed by atoms with van der Waals surface area (Å²) < 4.78 is 15.2. The molecule has 0 saturated heterocycles. The highest BCUT2D eigenvalue weighted by Gasteiger charge is 2.41. The summed E-state index contributed by atoms with van der Waals surface area (Å²) in [6.07, 6.45) is 5.78. The van der Waals surface area contributed by atoms with Gasteiger partial charge in [-0.15, -0.1) is 6.42 Å². The van der Waals surface area contributed by atoms with Gasteiger partial charge in [0.25, 0.3) is 16.6 Å². The van der Waals surface area contributed by atoms with Crippen molar-refractivity contribution in [1.29, 1.82) is 0 Å². The lowest BCUT2D eigenvalue weighted by Gasteiger charge is -2.38. The van der Waals surface area contributed by atoms with Crippen molar-refractivity contribution in [2.75, 3.05) is 0 Å². The van der Waals surface area contributed by atoms with Crippen LogP contribution in [-0.2, 0) is 0 Å². The minimum absolute atomic E-state index is 0.0522. The zero-order chi connectivity index (χ0) is 29.0. The van der Waals surface area contributed by atoms with E-state index in [1.807, 2.05) is 6.07 Å². The second-order valence-electron chi connectivity index (χ2n) is 13.5. The number of halogens is 1. The molecule has 0 amide bonds. The van der Waals surface area contributed by atoms with Gasteiger partial charge in [0.2, 0.25) is 0 Å². The first-order valence-corrected chi connectivity index (χ1v) is 20.2. The molecule has 0 spiro atoms. The van der Waals surface area contributed by atoms with Crippen LogP contribution in [0.25, 0.3) is 32.7 Å². The Morgan fingerprint density at radius 2 is 1.08 bits per heavy atom. The number of rotatable bonds is 5. The Kier molecular flexibility index (Phi) is 7.66. The van der Waals surface area contributed by atoms with Crippen molar-refractivity contribution in [3.05, 3.63) is 70.7 Å². The topological polar surface area (TPSA) is 18.5 Å². The second kappa shape index (κ2) is 10.1. The standard InChI is InChI=1S/C34H41BrO2Si2/c1-12-23-13-17-27-24(21-23)14-19-29(36-38(8,9)33(2,3)4)31(27)32-28-18-16-26(35)22-25(28)15-20-30(32)37-39(10,11)34(5,6)7/h1,13-22H,2-11H3. The van der Waals surface area contributed by atoms with Gasteiger partial charge in [-0.05, 0) is 94.2 Å². The molecule has 4 aromatic carbocycles. The summed E-state index contributed by atoms with van der Waals surface area (Å²) in [7, 11) is -4.31. The lowest BCUT2D eigenvalue weighted by molar-refractivity contribution is 0.489. The van der Waals surface area contributed by atoms with Gasteiger partial charge >= 0.3 is 0 Å². The molecule has 0 radical (unpaired) electrons. The van der Waals surface area contributed by atoms with Gasteiger partial charge in [0.1, 0.15) is 11.5 Å². The van der Waals surface area contributed by atoms with Crippen molar-refractivity contribution in [3.63, 3.8) is 0 Å². The molecule has 0 aliphatic rings. The molecule has 0 atom stereocenters. The molecular formula is C34H41BrO2Si2. The van der Waals surface area contributed by atoms with E-state index in [0.29, 0.717) is 0 Å². The van der Waals surface area contributed by atoms with Crippen molar-refractivity contribution >= 4 is 54.1 Å². The Morgan fingerprint density at radius 3 is 1.51 bits per heavy atom. The van der Waals surface area contributed by atoms with Gasteiger partial charge in [-0.2, -0.15) is 0 Å². The first kappa shape index (κ1) is 29.5. The van der Waals surface area contributed by atoms with Crippen LogP contribution in [0.5, 0.6) is 11.5 Å². The van der Waals surface area contributed by atoms with Crippen LogP contribution in [0, 0.1) is 12.3 Å². The summed E-state index contributed by atoms with van der Waals surface area (Å²) in [4.78, 5) is 0. The Morgan fingerprint density at radius 1 is 0.641 bits per heavy atom. The van der Waals surface area contributed by atoms with Crippen molar-refractivity contribution in [3.8, 4) is 35.0 Å². The Balaban J connectivity index is 2.14. The molecule has 0 heterocycles. The number of terminal acetylenes is 1. The molecule has 2 nitrogen and oxygen atoms in total. The molecule has 0 aromatic heterocycles. The van der Waals surface area contributed by atoms with Crippen LogP contribution in [-0.4, -0.2) is 16.6 Å². The monoisotopic (exact) mass is 616 g/mol. The fourth-order valence-electron chi connectivity index (χ4n) is 4.22. The average Bonchev–Trinajstić information content (AvgIpc) is 2.82. The zero-order valence-electron chi connectivity index (χ0n) is 25.0. The third kappa shape index (κ3) is 5.70. The van der Waals surface area contributed by atoms with Crippen LogP contribution < -0.4 is 8.85 Å². The lowest BCUT2D eigenvalue weighted by Crippen LogP contribution is -2.44. The number of benzene rings is 4. The van der Waals surface area contributed by atoms with E-state index in [1.54, 1.807) is 0 Å². The SMILES string of the molecule is C#Cc1ccc2c(-c3c(O[Si](C)(C)C(C)(C)C)ccc4cc(Br)ccc34)c(O[Si](C)(C)C(C)(C)C)ccc2c1. The summed E-state index contributed by atoms with van der Waals surface area (Å²) in [5.41, 5.74) is 3.02. The maximum Gasteiger partial charge on any atom is 0.250 e. The molecule has 0 N–H and O–H groups in total. The van der Waals surface area contributed by atoms with Crippen LogP contribution in [0.4, 0.5) is 0 Å². The maximum absolute atomic E-state index is 7.09. The third-order valence-electron chi connectivity index (χ3n) is 8.68. The molecular weight excluding hydrogens is 576 g/mol. The molecule has 204 valence electrons. The fraction of sp³-hybridized carbons (Fsp3) is 0.353. The highest BCUT2D eigenvalue weighted by molar-refractivity contribution is 9.10. The summed E-state index contributed by atoms with van der Waals surface area (Å²) in [6.45, 7) is 22.9. The van der Waals surface area contributed by atoms with Gasteiger partial charge < -0.3 is 8.85 Å². The zero-order valence-corrected chi connectivity index (χ0v) is 28.6. The van der Waals surface area contributed by atoms with Crippen LogP contribution in [0.3, 0.4) is 0 Å². The molecule has 4 rings (SSSR count). The van der Waals surface area contributed by atoms with Crippen LogP contribution in [0.1, 0.15) is 47.1 Å². The first-order valence-electron chi connectivity index (χ1n) is 13.6. The van der Waals surface area contributed by atoms with E-state index in [0.717, 1.165) is 54.2 Å². The van der Waals surface area contributed by atoms with Crippen LogP contribution in [0.15, 0.2) is 65.1 Å². The van der Waals surface area contributed by atoms with Crippen molar-refractivity contribution < 1.29 is 8.85 Å².